The van der Waals surface area contributed by atoms with Crippen LogP contribution >= 0.6 is 0 Å². The lowest BCUT2D eigenvalue weighted by molar-refractivity contribution is -0.155. The molecule has 1 aromatic rings. The number of carbonyl (C=O) groups is 2. The number of rotatable bonds is 1. The number of piperazine rings is 1. The third kappa shape index (κ3) is 2.30. The fourth-order valence-corrected chi connectivity index (χ4v) is 2.60. The van der Waals surface area contributed by atoms with Gasteiger partial charge in [0, 0.05) is 13.1 Å². The van der Waals surface area contributed by atoms with Crippen molar-refractivity contribution in [1.82, 2.24) is 10.2 Å². The molecule has 0 saturated carbocycles. The SMILES string of the molecule is CC1(C)C(=O)NCCN1C(=O)[C@@H]1COc2ccccc2O1. The maximum Gasteiger partial charge on any atom is 0.268 e. The van der Waals surface area contributed by atoms with Crippen LogP contribution in [-0.2, 0) is 9.59 Å². The Hall–Kier alpha value is -2.24. The summed E-state index contributed by atoms with van der Waals surface area (Å²) >= 11 is 0. The Balaban J connectivity index is 1.79. The van der Waals surface area contributed by atoms with Crippen LogP contribution in [0.4, 0.5) is 0 Å². The van der Waals surface area contributed by atoms with E-state index in [4.69, 9.17) is 9.47 Å². The molecule has 1 fully saturated rings. The standard InChI is InChI=1S/C15H18N2O4/c1-15(2)14(19)16-7-8-17(15)13(18)12-9-20-10-5-3-4-6-11(10)21-12/h3-6,12H,7-9H2,1-2H3,(H,16,19)/t12-/m0/s1. The minimum atomic E-state index is -0.879. The Morgan fingerprint density at radius 1 is 1.33 bits per heavy atom. The van der Waals surface area contributed by atoms with Gasteiger partial charge in [-0.15, -0.1) is 0 Å². The largest absolute Gasteiger partial charge is 0.485 e. The Bertz CT molecular complexity index is 585. The van der Waals surface area contributed by atoms with Gasteiger partial charge in [-0.1, -0.05) is 12.1 Å². The van der Waals surface area contributed by atoms with Crippen molar-refractivity contribution in [2.24, 2.45) is 0 Å². The van der Waals surface area contributed by atoms with E-state index < -0.39 is 11.6 Å². The molecule has 0 aliphatic carbocycles. The van der Waals surface area contributed by atoms with Gasteiger partial charge in [0.2, 0.25) is 12.0 Å². The summed E-state index contributed by atoms with van der Waals surface area (Å²) in [5.41, 5.74) is -0.879. The second-order valence-corrected chi connectivity index (χ2v) is 5.67. The summed E-state index contributed by atoms with van der Waals surface area (Å²) in [5, 5.41) is 2.77. The van der Waals surface area contributed by atoms with Gasteiger partial charge in [-0.3, -0.25) is 9.59 Å². The third-order valence-corrected chi connectivity index (χ3v) is 3.90. The summed E-state index contributed by atoms with van der Waals surface area (Å²) in [4.78, 5) is 26.2. The molecule has 112 valence electrons. The number of fused-ring (bicyclic) bond motifs is 1. The van der Waals surface area contributed by atoms with E-state index in [-0.39, 0.29) is 18.4 Å². The zero-order valence-electron chi connectivity index (χ0n) is 12.1. The van der Waals surface area contributed by atoms with Crippen LogP contribution in [0, 0.1) is 0 Å². The number of nitrogens with zero attached hydrogens (tertiary/aromatic N) is 1. The van der Waals surface area contributed by atoms with Gasteiger partial charge in [0.15, 0.2) is 11.5 Å². The highest BCUT2D eigenvalue weighted by molar-refractivity contribution is 5.93. The molecule has 6 nitrogen and oxygen atoms in total. The maximum atomic E-state index is 12.7. The van der Waals surface area contributed by atoms with E-state index in [0.29, 0.717) is 24.6 Å². The molecular weight excluding hydrogens is 272 g/mol. The lowest BCUT2D eigenvalue weighted by Crippen LogP contribution is -2.66. The van der Waals surface area contributed by atoms with Crippen LogP contribution in [0.15, 0.2) is 24.3 Å². The number of hydrogen-bond acceptors (Lipinski definition) is 4. The number of hydrogen-bond donors (Lipinski definition) is 1. The van der Waals surface area contributed by atoms with Crippen molar-refractivity contribution < 1.29 is 19.1 Å². The van der Waals surface area contributed by atoms with Crippen molar-refractivity contribution in [3.05, 3.63) is 24.3 Å². The van der Waals surface area contributed by atoms with Crippen LogP contribution in [0.2, 0.25) is 0 Å². The molecule has 2 heterocycles. The first-order valence-corrected chi connectivity index (χ1v) is 6.98. The number of ether oxygens (including phenoxy) is 2. The molecule has 3 rings (SSSR count). The molecule has 21 heavy (non-hydrogen) atoms. The quantitative estimate of drug-likeness (QED) is 0.821. The first-order valence-electron chi connectivity index (χ1n) is 6.98. The molecule has 0 aromatic heterocycles. The molecule has 2 aliphatic heterocycles. The lowest BCUT2D eigenvalue weighted by Gasteiger charge is -2.42. The van der Waals surface area contributed by atoms with E-state index in [2.05, 4.69) is 5.32 Å². The molecule has 1 N–H and O–H groups in total. The van der Waals surface area contributed by atoms with Gasteiger partial charge >= 0.3 is 0 Å². The van der Waals surface area contributed by atoms with Crippen molar-refractivity contribution in [3.63, 3.8) is 0 Å². The van der Waals surface area contributed by atoms with Crippen molar-refractivity contribution >= 4 is 11.8 Å². The maximum absolute atomic E-state index is 12.7. The van der Waals surface area contributed by atoms with E-state index in [1.807, 2.05) is 12.1 Å². The predicted molar refractivity (Wildman–Crippen MR) is 75.2 cm³/mol. The Kier molecular flexibility index (Phi) is 3.23. The third-order valence-electron chi connectivity index (χ3n) is 3.90. The molecule has 1 atom stereocenters. The van der Waals surface area contributed by atoms with E-state index in [1.165, 1.54) is 0 Å². The molecule has 0 radical (unpaired) electrons. The molecule has 1 aromatic carbocycles. The van der Waals surface area contributed by atoms with Crippen LogP contribution in [0.3, 0.4) is 0 Å². The second kappa shape index (κ2) is 4.95. The van der Waals surface area contributed by atoms with Crippen molar-refractivity contribution in [2.75, 3.05) is 19.7 Å². The molecule has 0 unspecified atom stereocenters. The summed E-state index contributed by atoms with van der Waals surface area (Å²) in [5.74, 6) is 0.821. The second-order valence-electron chi connectivity index (χ2n) is 5.67. The van der Waals surface area contributed by atoms with Crippen LogP contribution in [0.25, 0.3) is 0 Å². The molecule has 0 spiro atoms. The van der Waals surface area contributed by atoms with E-state index in [9.17, 15) is 9.59 Å². The van der Waals surface area contributed by atoms with Crippen LogP contribution in [0.5, 0.6) is 11.5 Å². The van der Waals surface area contributed by atoms with Crippen LogP contribution < -0.4 is 14.8 Å². The van der Waals surface area contributed by atoms with Gasteiger partial charge in [-0.25, -0.2) is 0 Å². The smallest absolute Gasteiger partial charge is 0.268 e. The fourth-order valence-electron chi connectivity index (χ4n) is 2.60. The molecular formula is C15H18N2O4. The van der Waals surface area contributed by atoms with Crippen molar-refractivity contribution in [1.29, 1.82) is 0 Å². The van der Waals surface area contributed by atoms with Gasteiger partial charge in [0.25, 0.3) is 5.91 Å². The highest BCUT2D eigenvalue weighted by atomic mass is 16.6. The van der Waals surface area contributed by atoms with E-state index in [0.717, 1.165) is 0 Å². The van der Waals surface area contributed by atoms with Gasteiger partial charge in [0.05, 0.1) is 0 Å². The van der Waals surface area contributed by atoms with Crippen molar-refractivity contribution in [3.8, 4) is 11.5 Å². The first kappa shape index (κ1) is 13.7. The number of para-hydroxylation sites is 2. The number of carbonyl (C=O) groups excluding carboxylic acids is 2. The minimum Gasteiger partial charge on any atom is -0.485 e. The fraction of sp³-hybridized carbons (Fsp3) is 0.467. The number of benzene rings is 1. The summed E-state index contributed by atoms with van der Waals surface area (Å²) < 4.78 is 11.3. The number of amides is 2. The van der Waals surface area contributed by atoms with Crippen molar-refractivity contribution in [2.45, 2.75) is 25.5 Å². The highest BCUT2D eigenvalue weighted by Crippen LogP contribution is 2.32. The normalized spacial score (nSPS) is 23.4. The molecule has 1 saturated heterocycles. The van der Waals surface area contributed by atoms with Gasteiger partial charge in [-0.05, 0) is 26.0 Å². The summed E-state index contributed by atoms with van der Waals surface area (Å²) in [6, 6.07) is 7.24. The summed E-state index contributed by atoms with van der Waals surface area (Å²) in [6.45, 7) is 4.55. The van der Waals surface area contributed by atoms with Gasteiger partial charge in [0.1, 0.15) is 12.1 Å². The number of nitrogens with one attached hydrogen (secondary N) is 1. The average molecular weight is 290 g/mol. The van der Waals surface area contributed by atoms with Gasteiger partial charge < -0.3 is 19.7 Å². The monoisotopic (exact) mass is 290 g/mol. The predicted octanol–water partition coefficient (Wildman–Crippen LogP) is 0.563. The summed E-state index contributed by atoms with van der Waals surface area (Å²) in [7, 11) is 0. The van der Waals surface area contributed by atoms with Crippen LogP contribution in [-0.4, -0.2) is 48.1 Å². The van der Waals surface area contributed by atoms with Gasteiger partial charge in [-0.2, -0.15) is 0 Å². The topological polar surface area (TPSA) is 67.9 Å². The highest BCUT2D eigenvalue weighted by Gasteiger charge is 2.44. The Morgan fingerprint density at radius 3 is 2.81 bits per heavy atom. The molecule has 2 aliphatic rings. The molecule has 6 heteroatoms. The van der Waals surface area contributed by atoms with E-state index >= 15 is 0 Å². The van der Waals surface area contributed by atoms with Crippen LogP contribution in [0.1, 0.15) is 13.8 Å². The Morgan fingerprint density at radius 2 is 2.05 bits per heavy atom. The first-order chi connectivity index (χ1) is 10.00. The summed E-state index contributed by atoms with van der Waals surface area (Å²) in [6.07, 6.45) is -0.718. The lowest BCUT2D eigenvalue weighted by atomic mass is 9.98. The minimum absolute atomic E-state index is 0.153. The molecule has 0 bridgehead atoms. The van der Waals surface area contributed by atoms with E-state index in [1.54, 1.807) is 30.9 Å². The average Bonchev–Trinajstić information content (AvgIpc) is 2.49. The molecule has 2 amide bonds. The Labute approximate surface area is 123 Å². The zero-order chi connectivity index (χ0) is 15.0. The zero-order valence-corrected chi connectivity index (χ0v) is 12.1.